The van der Waals surface area contributed by atoms with Gasteiger partial charge in [0.05, 0.1) is 0 Å². The quantitative estimate of drug-likeness (QED) is 0.660. The average Bonchev–Trinajstić information content (AvgIpc) is 2.35. The molecule has 1 saturated carbocycles. The molecule has 0 amide bonds. The molecule has 0 heterocycles. The highest BCUT2D eigenvalue weighted by atomic mass is 35.5. The zero-order valence-corrected chi connectivity index (χ0v) is 11.8. The molecule has 1 heteroatoms. The predicted molar refractivity (Wildman–Crippen MR) is 75.9 cm³/mol. The van der Waals surface area contributed by atoms with E-state index in [1.54, 1.807) is 0 Å². The molecule has 0 N–H and O–H groups in total. The Kier molecular flexibility index (Phi) is 4.14. The Morgan fingerprint density at radius 1 is 1.06 bits per heavy atom. The van der Waals surface area contributed by atoms with Crippen LogP contribution in [0, 0.1) is 19.3 Å². The SMILES string of the molecule is Cc1ccc(CC2(CCl)CCCCC2)cc1C. The molecular weight excluding hydrogens is 228 g/mol. The first-order chi connectivity index (χ1) is 8.15. The van der Waals surface area contributed by atoms with E-state index in [4.69, 9.17) is 11.6 Å². The van der Waals surface area contributed by atoms with Gasteiger partial charge in [-0.25, -0.2) is 0 Å². The third-order valence-electron chi connectivity index (χ3n) is 4.35. The Hall–Kier alpha value is -0.490. The van der Waals surface area contributed by atoms with Crippen molar-refractivity contribution in [1.29, 1.82) is 0 Å². The van der Waals surface area contributed by atoms with E-state index in [2.05, 4.69) is 32.0 Å². The fourth-order valence-electron chi connectivity index (χ4n) is 3.01. The number of aryl methyl sites for hydroxylation is 2. The van der Waals surface area contributed by atoms with Gasteiger partial charge in [0.2, 0.25) is 0 Å². The van der Waals surface area contributed by atoms with Crippen molar-refractivity contribution >= 4 is 11.6 Å². The Balaban J connectivity index is 2.14. The van der Waals surface area contributed by atoms with E-state index in [1.807, 2.05) is 0 Å². The van der Waals surface area contributed by atoms with Crippen molar-refractivity contribution in [3.63, 3.8) is 0 Å². The molecule has 1 aliphatic carbocycles. The standard InChI is InChI=1S/C16H23Cl/c1-13-6-7-15(10-14(13)2)11-16(12-17)8-4-3-5-9-16/h6-7,10H,3-5,8-9,11-12H2,1-2H3. The van der Waals surface area contributed by atoms with Gasteiger partial charge in [0.1, 0.15) is 0 Å². The lowest BCUT2D eigenvalue weighted by atomic mass is 9.71. The molecule has 0 atom stereocenters. The molecule has 0 aromatic heterocycles. The number of rotatable bonds is 3. The number of benzene rings is 1. The maximum Gasteiger partial charge on any atom is 0.0283 e. The van der Waals surface area contributed by atoms with Crippen LogP contribution in [-0.2, 0) is 6.42 Å². The number of alkyl halides is 1. The molecular formula is C16H23Cl. The second-order valence-electron chi connectivity index (χ2n) is 5.79. The van der Waals surface area contributed by atoms with Crippen LogP contribution < -0.4 is 0 Å². The van der Waals surface area contributed by atoms with E-state index in [0.717, 1.165) is 12.3 Å². The minimum absolute atomic E-state index is 0.376. The van der Waals surface area contributed by atoms with Crippen LogP contribution in [0.5, 0.6) is 0 Å². The Bertz CT molecular complexity index is 375. The van der Waals surface area contributed by atoms with Crippen molar-refractivity contribution in [2.24, 2.45) is 5.41 Å². The monoisotopic (exact) mass is 250 g/mol. The van der Waals surface area contributed by atoms with Gasteiger partial charge in [0.15, 0.2) is 0 Å². The molecule has 0 aliphatic heterocycles. The molecule has 0 saturated heterocycles. The molecule has 0 bridgehead atoms. The summed E-state index contributed by atoms with van der Waals surface area (Å²) in [6, 6.07) is 6.87. The minimum Gasteiger partial charge on any atom is -0.126 e. The smallest absolute Gasteiger partial charge is 0.0283 e. The van der Waals surface area contributed by atoms with Crippen molar-refractivity contribution in [3.05, 3.63) is 34.9 Å². The van der Waals surface area contributed by atoms with Crippen LogP contribution in [0.15, 0.2) is 18.2 Å². The second-order valence-corrected chi connectivity index (χ2v) is 6.06. The lowest BCUT2D eigenvalue weighted by molar-refractivity contribution is 0.219. The van der Waals surface area contributed by atoms with Crippen molar-refractivity contribution in [1.82, 2.24) is 0 Å². The molecule has 17 heavy (non-hydrogen) atoms. The fourth-order valence-corrected chi connectivity index (χ4v) is 3.37. The number of hydrogen-bond donors (Lipinski definition) is 0. The molecule has 1 aromatic carbocycles. The van der Waals surface area contributed by atoms with Gasteiger partial charge in [-0.1, -0.05) is 37.5 Å². The molecule has 1 aliphatic rings. The second kappa shape index (κ2) is 5.44. The van der Waals surface area contributed by atoms with E-state index < -0.39 is 0 Å². The Labute approximate surface area is 110 Å². The summed E-state index contributed by atoms with van der Waals surface area (Å²) in [5.74, 6) is 0.819. The molecule has 0 spiro atoms. The van der Waals surface area contributed by atoms with Crippen molar-refractivity contribution in [2.45, 2.75) is 52.4 Å². The highest BCUT2D eigenvalue weighted by molar-refractivity contribution is 6.18. The molecule has 1 aromatic rings. The zero-order chi connectivity index (χ0) is 12.3. The van der Waals surface area contributed by atoms with E-state index in [9.17, 15) is 0 Å². The summed E-state index contributed by atoms with van der Waals surface area (Å²) in [6.07, 6.45) is 7.89. The predicted octanol–water partition coefficient (Wildman–Crippen LogP) is 5.04. The summed E-state index contributed by atoms with van der Waals surface area (Å²) >= 11 is 6.26. The summed E-state index contributed by atoms with van der Waals surface area (Å²) in [5.41, 5.74) is 4.64. The van der Waals surface area contributed by atoms with Crippen LogP contribution in [0.2, 0.25) is 0 Å². The fraction of sp³-hybridized carbons (Fsp3) is 0.625. The average molecular weight is 251 g/mol. The lowest BCUT2D eigenvalue weighted by Gasteiger charge is -2.36. The van der Waals surface area contributed by atoms with Gasteiger partial charge in [0.25, 0.3) is 0 Å². The maximum atomic E-state index is 6.26. The van der Waals surface area contributed by atoms with Crippen molar-refractivity contribution < 1.29 is 0 Å². The first-order valence-corrected chi connectivity index (χ1v) is 7.31. The van der Waals surface area contributed by atoms with E-state index in [1.165, 1.54) is 48.8 Å². The topological polar surface area (TPSA) is 0 Å². The van der Waals surface area contributed by atoms with Gasteiger partial charge in [-0.2, -0.15) is 0 Å². The Morgan fingerprint density at radius 2 is 1.76 bits per heavy atom. The highest BCUT2D eigenvalue weighted by Gasteiger charge is 2.31. The normalized spacial score (nSPS) is 19.2. The Morgan fingerprint density at radius 3 is 2.35 bits per heavy atom. The highest BCUT2D eigenvalue weighted by Crippen LogP contribution is 2.40. The van der Waals surface area contributed by atoms with E-state index in [0.29, 0.717) is 5.41 Å². The van der Waals surface area contributed by atoms with Crippen LogP contribution in [0.1, 0.15) is 48.8 Å². The van der Waals surface area contributed by atoms with Crippen molar-refractivity contribution in [2.75, 3.05) is 5.88 Å². The largest absolute Gasteiger partial charge is 0.126 e. The van der Waals surface area contributed by atoms with Crippen LogP contribution in [0.3, 0.4) is 0 Å². The third-order valence-corrected chi connectivity index (χ3v) is 4.92. The molecule has 0 nitrogen and oxygen atoms in total. The van der Waals surface area contributed by atoms with Gasteiger partial charge in [0, 0.05) is 5.88 Å². The zero-order valence-electron chi connectivity index (χ0n) is 11.1. The summed E-state index contributed by atoms with van der Waals surface area (Å²) in [7, 11) is 0. The molecule has 1 fully saturated rings. The summed E-state index contributed by atoms with van der Waals surface area (Å²) < 4.78 is 0. The van der Waals surface area contributed by atoms with E-state index in [-0.39, 0.29) is 0 Å². The summed E-state index contributed by atoms with van der Waals surface area (Å²) in [6.45, 7) is 4.38. The summed E-state index contributed by atoms with van der Waals surface area (Å²) in [5, 5.41) is 0. The molecule has 2 rings (SSSR count). The first-order valence-electron chi connectivity index (χ1n) is 6.77. The van der Waals surface area contributed by atoms with Gasteiger partial charge >= 0.3 is 0 Å². The van der Waals surface area contributed by atoms with Crippen molar-refractivity contribution in [3.8, 4) is 0 Å². The van der Waals surface area contributed by atoms with Crippen LogP contribution >= 0.6 is 11.6 Å². The first kappa shape index (κ1) is 13.0. The lowest BCUT2D eigenvalue weighted by Crippen LogP contribution is -2.28. The molecule has 0 unspecified atom stereocenters. The van der Waals surface area contributed by atoms with Gasteiger partial charge in [-0.05, 0) is 55.2 Å². The summed E-state index contributed by atoms with van der Waals surface area (Å²) in [4.78, 5) is 0. The molecule has 94 valence electrons. The van der Waals surface area contributed by atoms with Gasteiger partial charge in [-0.15, -0.1) is 11.6 Å². The molecule has 0 radical (unpaired) electrons. The minimum atomic E-state index is 0.376. The van der Waals surface area contributed by atoms with E-state index >= 15 is 0 Å². The number of hydrogen-bond acceptors (Lipinski definition) is 0. The number of halogens is 1. The van der Waals surface area contributed by atoms with Crippen LogP contribution in [0.25, 0.3) is 0 Å². The van der Waals surface area contributed by atoms with Gasteiger partial charge < -0.3 is 0 Å². The maximum absolute atomic E-state index is 6.26. The van der Waals surface area contributed by atoms with Crippen LogP contribution in [-0.4, -0.2) is 5.88 Å². The third kappa shape index (κ3) is 3.04. The van der Waals surface area contributed by atoms with Gasteiger partial charge in [-0.3, -0.25) is 0 Å². The van der Waals surface area contributed by atoms with Crippen LogP contribution in [0.4, 0.5) is 0 Å².